The number of pyridine rings is 1. The van der Waals surface area contributed by atoms with Crippen molar-refractivity contribution in [3.05, 3.63) is 38.9 Å². The number of nitrogens with one attached hydrogen (secondary N) is 1. The van der Waals surface area contributed by atoms with Crippen molar-refractivity contribution >= 4 is 28.7 Å². The Morgan fingerprint density at radius 2 is 1.63 bits per heavy atom. The summed E-state index contributed by atoms with van der Waals surface area (Å²) in [5.41, 5.74) is -0.498. The molecule has 35 heavy (non-hydrogen) atoms. The second kappa shape index (κ2) is 10.4. The highest BCUT2D eigenvalue weighted by molar-refractivity contribution is 7.99. The van der Waals surface area contributed by atoms with Gasteiger partial charge in [0.1, 0.15) is 11.5 Å². The molecular weight excluding hydrogens is 467 g/mol. The van der Waals surface area contributed by atoms with Crippen LogP contribution in [0.4, 0.5) is 4.39 Å². The Morgan fingerprint density at radius 1 is 0.971 bits per heavy atom. The summed E-state index contributed by atoms with van der Waals surface area (Å²) >= 11 is 1.86. The lowest BCUT2D eigenvalue weighted by molar-refractivity contribution is -0.127. The molecule has 2 aromatic heterocycles. The van der Waals surface area contributed by atoms with E-state index in [4.69, 9.17) is 0 Å². The van der Waals surface area contributed by atoms with Gasteiger partial charge in [-0.3, -0.25) is 18.7 Å². The minimum atomic E-state index is -0.575. The molecule has 0 unspecified atom stereocenters. The van der Waals surface area contributed by atoms with Gasteiger partial charge in [-0.25, -0.2) is 14.2 Å². The minimum absolute atomic E-state index is 0.0371. The molecule has 3 aliphatic rings. The summed E-state index contributed by atoms with van der Waals surface area (Å²) in [5, 5.41) is 3.40. The highest BCUT2D eigenvalue weighted by atomic mass is 32.2. The molecule has 0 aromatic carbocycles. The summed E-state index contributed by atoms with van der Waals surface area (Å²) in [7, 11) is 0. The molecule has 3 heterocycles. The van der Waals surface area contributed by atoms with Gasteiger partial charge < -0.3 is 5.32 Å². The number of hydrogen-bond donors (Lipinski definition) is 1. The van der Waals surface area contributed by atoms with E-state index in [1.807, 2.05) is 11.8 Å². The van der Waals surface area contributed by atoms with E-state index < -0.39 is 11.4 Å². The molecule has 1 aliphatic heterocycles. The lowest BCUT2D eigenvalue weighted by Crippen LogP contribution is -2.47. The first-order valence-corrected chi connectivity index (χ1v) is 14.3. The van der Waals surface area contributed by atoms with Crippen LogP contribution in [0.2, 0.25) is 0 Å². The molecular formula is C26H35FN4O3S. The Kier molecular flexibility index (Phi) is 7.32. The normalized spacial score (nSPS) is 28.2. The van der Waals surface area contributed by atoms with Crippen molar-refractivity contribution < 1.29 is 9.18 Å². The van der Waals surface area contributed by atoms with Crippen LogP contribution in [0, 0.1) is 17.7 Å². The van der Waals surface area contributed by atoms with E-state index in [0.29, 0.717) is 18.8 Å². The third-order valence-corrected chi connectivity index (χ3v) is 9.32. The number of thioether (sulfide) groups is 1. The van der Waals surface area contributed by atoms with Crippen LogP contribution in [0.1, 0.15) is 83.2 Å². The van der Waals surface area contributed by atoms with Crippen molar-refractivity contribution in [1.82, 2.24) is 19.4 Å². The molecule has 2 saturated carbocycles. The van der Waals surface area contributed by atoms with Crippen LogP contribution in [0.5, 0.6) is 0 Å². The SMILES string of the molecule is CC1CCC(C(=O)N[C@H]2CC[C@@H](n3c(=O)c4cc(F)cnc4n(C4CCSCC4)c3=O)CC2)CC1. The maximum Gasteiger partial charge on any atom is 0.333 e. The van der Waals surface area contributed by atoms with E-state index >= 15 is 0 Å². The highest BCUT2D eigenvalue weighted by Crippen LogP contribution is 2.32. The fourth-order valence-corrected chi connectivity index (χ4v) is 7.20. The number of rotatable bonds is 4. The molecule has 0 radical (unpaired) electrons. The Hall–Kier alpha value is -2.16. The maximum atomic E-state index is 14.1. The van der Waals surface area contributed by atoms with Gasteiger partial charge in [-0.05, 0) is 87.7 Å². The number of halogens is 1. The average molecular weight is 503 g/mol. The van der Waals surface area contributed by atoms with Crippen molar-refractivity contribution in [1.29, 1.82) is 0 Å². The van der Waals surface area contributed by atoms with Crippen molar-refractivity contribution in [2.45, 2.75) is 89.3 Å². The number of nitrogens with zero attached hydrogens (tertiary/aromatic N) is 3. The molecule has 3 fully saturated rings. The summed E-state index contributed by atoms with van der Waals surface area (Å²) in [6.45, 7) is 2.25. The molecule has 7 nitrogen and oxygen atoms in total. The van der Waals surface area contributed by atoms with Crippen molar-refractivity contribution in [2.75, 3.05) is 11.5 Å². The minimum Gasteiger partial charge on any atom is -0.353 e. The van der Waals surface area contributed by atoms with Crippen LogP contribution in [-0.2, 0) is 4.79 Å². The Labute approximate surface area is 208 Å². The van der Waals surface area contributed by atoms with Gasteiger partial charge >= 0.3 is 5.69 Å². The zero-order chi connectivity index (χ0) is 24.5. The molecule has 190 valence electrons. The van der Waals surface area contributed by atoms with E-state index in [2.05, 4.69) is 17.2 Å². The number of aromatic nitrogens is 3. The van der Waals surface area contributed by atoms with Crippen LogP contribution < -0.4 is 16.6 Å². The van der Waals surface area contributed by atoms with Gasteiger partial charge in [-0.1, -0.05) is 6.92 Å². The van der Waals surface area contributed by atoms with Crippen LogP contribution in [0.15, 0.2) is 21.9 Å². The zero-order valence-corrected chi connectivity index (χ0v) is 21.2. The Morgan fingerprint density at radius 3 is 2.31 bits per heavy atom. The molecule has 9 heteroatoms. The first-order chi connectivity index (χ1) is 16.9. The number of hydrogen-bond acceptors (Lipinski definition) is 5. The summed E-state index contributed by atoms with van der Waals surface area (Å²) in [6.07, 6.45) is 9.60. The molecule has 0 bridgehead atoms. The smallest absolute Gasteiger partial charge is 0.333 e. The van der Waals surface area contributed by atoms with Gasteiger partial charge in [0.25, 0.3) is 5.56 Å². The lowest BCUT2D eigenvalue weighted by atomic mass is 9.82. The molecule has 1 amide bonds. The number of amides is 1. The monoisotopic (exact) mass is 502 g/mol. The van der Waals surface area contributed by atoms with Crippen molar-refractivity contribution in [3.63, 3.8) is 0 Å². The predicted molar refractivity (Wildman–Crippen MR) is 136 cm³/mol. The second-order valence-electron chi connectivity index (χ2n) is 10.7. The molecule has 2 aromatic rings. The van der Waals surface area contributed by atoms with E-state index in [9.17, 15) is 18.8 Å². The molecule has 2 aliphatic carbocycles. The van der Waals surface area contributed by atoms with Gasteiger partial charge in [0.15, 0.2) is 0 Å². The molecule has 0 spiro atoms. The molecule has 5 rings (SSSR count). The van der Waals surface area contributed by atoms with E-state index in [0.717, 1.165) is 69.1 Å². The molecule has 1 saturated heterocycles. The van der Waals surface area contributed by atoms with E-state index in [1.165, 1.54) is 10.6 Å². The largest absolute Gasteiger partial charge is 0.353 e. The lowest BCUT2D eigenvalue weighted by Gasteiger charge is -2.33. The van der Waals surface area contributed by atoms with Crippen LogP contribution in [0.25, 0.3) is 11.0 Å². The van der Waals surface area contributed by atoms with Crippen molar-refractivity contribution in [3.8, 4) is 0 Å². The standard InChI is InChI=1S/C26H35FN4O3S/c1-16-2-4-17(5-3-16)24(32)29-19-6-8-20(9-7-19)31-25(33)22-14-18(27)15-28-23(22)30(26(31)34)21-10-12-35-13-11-21/h14-17,19-21H,2-13H2,1H3,(H,29,32)/t16?,17?,19-,20+. The summed E-state index contributed by atoms with van der Waals surface area (Å²) < 4.78 is 17.1. The Balaban J connectivity index is 1.37. The fraction of sp³-hybridized carbons (Fsp3) is 0.692. The fourth-order valence-electron chi connectivity index (χ4n) is 6.12. The summed E-state index contributed by atoms with van der Waals surface area (Å²) in [4.78, 5) is 44.0. The van der Waals surface area contributed by atoms with Crippen LogP contribution in [0.3, 0.4) is 0 Å². The number of fused-ring (bicyclic) bond motifs is 1. The quantitative estimate of drug-likeness (QED) is 0.678. The van der Waals surface area contributed by atoms with Gasteiger partial charge in [-0.15, -0.1) is 0 Å². The first-order valence-electron chi connectivity index (χ1n) is 13.1. The van der Waals surface area contributed by atoms with Crippen LogP contribution >= 0.6 is 11.8 Å². The molecule has 0 atom stereocenters. The van der Waals surface area contributed by atoms with Crippen LogP contribution in [-0.4, -0.2) is 37.6 Å². The first kappa shape index (κ1) is 24.5. The number of carbonyl (C=O) groups excluding carboxylic acids is 1. The predicted octanol–water partition coefficient (Wildman–Crippen LogP) is 4.19. The van der Waals surface area contributed by atoms with Gasteiger partial charge in [-0.2, -0.15) is 11.8 Å². The summed E-state index contributed by atoms with van der Waals surface area (Å²) in [5.74, 6) is 2.29. The molecule has 1 N–H and O–H groups in total. The zero-order valence-electron chi connectivity index (χ0n) is 20.4. The average Bonchev–Trinajstić information content (AvgIpc) is 2.86. The van der Waals surface area contributed by atoms with Gasteiger partial charge in [0, 0.05) is 24.0 Å². The van der Waals surface area contributed by atoms with Gasteiger partial charge in [0.2, 0.25) is 5.91 Å². The van der Waals surface area contributed by atoms with Crippen molar-refractivity contribution in [2.24, 2.45) is 11.8 Å². The second-order valence-corrected chi connectivity index (χ2v) is 11.9. The van der Waals surface area contributed by atoms with E-state index in [-0.39, 0.29) is 46.7 Å². The number of carbonyl (C=O) groups is 1. The highest BCUT2D eigenvalue weighted by Gasteiger charge is 2.31. The topological polar surface area (TPSA) is 86.0 Å². The third kappa shape index (κ3) is 5.06. The summed E-state index contributed by atoms with van der Waals surface area (Å²) in [6, 6.07) is 0.998. The van der Waals surface area contributed by atoms with E-state index in [1.54, 1.807) is 4.57 Å². The third-order valence-electron chi connectivity index (χ3n) is 8.27. The maximum absolute atomic E-state index is 14.1. The Bertz CT molecular complexity index is 1190. The van der Waals surface area contributed by atoms with Gasteiger partial charge in [0.05, 0.1) is 11.6 Å².